The van der Waals surface area contributed by atoms with Crippen LogP contribution in [0, 0.1) is 12.1 Å². The predicted molar refractivity (Wildman–Crippen MR) is 59.1 cm³/mol. The topological polar surface area (TPSA) is 0 Å². The fourth-order valence-electron chi connectivity index (χ4n) is 1.76. The van der Waals surface area contributed by atoms with Gasteiger partial charge in [0.1, 0.15) is 0 Å². The number of fused-ring (bicyclic) bond motifs is 2. The van der Waals surface area contributed by atoms with Crippen molar-refractivity contribution in [3.05, 3.63) is 60.7 Å². The quantitative estimate of drug-likeness (QED) is 0.459. The van der Waals surface area contributed by atoms with Crippen LogP contribution < -0.4 is 0 Å². The molecule has 64 valence electrons. The maximum absolute atomic E-state index is 2.98. The van der Waals surface area contributed by atoms with E-state index in [-0.39, 0.29) is 0 Å². The van der Waals surface area contributed by atoms with Crippen LogP contribution in [0.25, 0.3) is 21.5 Å². The SMILES string of the molecule is [c]1[c]cc2cc3ccccc3cc2c1. The summed E-state index contributed by atoms with van der Waals surface area (Å²) in [6, 6.07) is 22.7. The van der Waals surface area contributed by atoms with Crippen molar-refractivity contribution in [1.82, 2.24) is 0 Å². The first kappa shape index (κ1) is 7.57. The summed E-state index contributed by atoms with van der Waals surface area (Å²) in [5.74, 6) is 0. The van der Waals surface area contributed by atoms with Gasteiger partial charge in [0.25, 0.3) is 0 Å². The Labute approximate surface area is 82.8 Å². The summed E-state index contributed by atoms with van der Waals surface area (Å²) in [6.07, 6.45) is 0. The van der Waals surface area contributed by atoms with Crippen molar-refractivity contribution in [2.45, 2.75) is 0 Å². The Morgan fingerprint density at radius 1 is 0.643 bits per heavy atom. The van der Waals surface area contributed by atoms with Gasteiger partial charge in [-0.3, -0.25) is 0 Å². The van der Waals surface area contributed by atoms with Gasteiger partial charge in [0.05, 0.1) is 0 Å². The molecule has 0 aliphatic carbocycles. The molecular weight excluding hydrogens is 168 g/mol. The third-order valence-corrected chi connectivity index (χ3v) is 2.49. The van der Waals surface area contributed by atoms with Crippen LogP contribution in [0.2, 0.25) is 0 Å². The molecule has 0 aliphatic rings. The highest BCUT2D eigenvalue weighted by molar-refractivity contribution is 5.97. The molecule has 0 saturated heterocycles. The lowest BCUT2D eigenvalue weighted by atomic mass is 10.0. The number of hydrogen-bond acceptors (Lipinski definition) is 0. The highest BCUT2D eigenvalue weighted by Gasteiger charge is 1.95. The summed E-state index contributed by atoms with van der Waals surface area (Å²) in [4.78, 5) is 0. The Morgan fingerprint density at radius 2 is 1.14 bits per heavy atom. The van der Waals surface area contributed by atoms with Crippen LogP contribution in [-0.4, -0.2) is 0 Å². The molecule has 0 unspecified atom stereocenters. The van der Waals surface area contributed by atoms with E-state index in [1.807, 2.05) is 12.1 Å². The molecule has 0 N–H and O–H groups in total. The van der Waals surface area contributed by atoms with Crippen molar-refractivity contribution in [2.75, 3.05) is 0 Å². The van der Waals surface area contributed by atoms with E-state index >= 15 is 0 Å². The van der Waals surface area contributed by atoms with Crippen molar-refractivity contribution in [1.29, 1.82) is 0 Å². The van der Waals surface area contributed by atoms with Gasteiger partial charge in [0.15, 0.2) is 0 Å². The zero-order chi connectivity index (χ0) is 9.38. The molecule has 14 heavy (non-hydrogen) atoms. The second kappa shape index (κ2) is 2.85. The molecule has 0 saturated carbocycles. The molecule has 0 amide bonds. The lowest BCUT2D eigenvalue weighted by molar-refractivity contribution is 1.74. The van der Waals surface area contributed by atoms with Crippen LogP contribution >= 0.6 is 0 Å². The van der Waals surface area contributed by atoms with E-state index in [1.54, 1.807) is 0 Å². The zero-order valence-electron chi connectivity index (χ0n) is 7.62. The Morgan fingerprint density at radius 3 is 1.64 bits per heavy atom. The fourth-order valence-corrected chi connectivity index (χ4v) is 1.76. The number of benzene rings is 3. The van der Waals surface area contributed by atoms with Gasteiger partial charge in [0, 0.05) is 0 Å². The summed E-state index contributed by atoms with van der Waals surface area (Å²) in [5, 5.41) is 5.00. The summed E-state index contributed by atoms with van der Waals surface area (Å²) >= 11 is 0. The molecule has 0 atom stereocenters. The first-order valence-corrected chi connectivity index (χ1v) is 4.64. The van der Waals surface area contributed by atoms with Crippen molar-refractivity contribution in [3.8, 4) is 0 Å². The van der Waals surface area contributed by atoms with Crippen LogP contribution in [0.5, 0.6) is 0 Å². The number of rotatable bonds is 0. The third kappa shape index (κ3) is 1.08. The molecule has 3 aromatic rings. The van der Waals surface area contributed by atoms with Crippen LogP contribution in [-0.2, 0) is 0 Å². The van der Waals surface area contributed by atoms with Crippen LogP contribution in [0.4, 0.5) is 0 Å². The monoisotopic (exact) mass is 176 g/mol. The van der Waals surface area contributed by atoms with E-state index in [2.05, 4.69) is 48.5 Å². The maximum Gasteiger partial charge on any atom is -0.00923 e. The van der Waals surface area contributed by atoms with Crippen molar-refractivity contribution in [2.24, 2.45) is 0 Å². The van der Waals surface area contributed by atoms with Gasteiger partial charge >= 0.3 is 0 Å². The van der Waals surface area contributed by atoms with E-state index in [9.17, 15) is 0 Å². The lowest BCUT2D eigenvalue weighted by Crippen LogP contribution is -1.75. The van der Waals surface area contributed by atoms with Gasteiger partial charge in [-0.25, -0.2) is 0 Å². The molecule has 0 nitrogen and oxygen atoms in total. The van der Waals surface area contributed by atoms with E-state index in [0.717, 1.165) is 0 Å². The summed E-state index contributed by atoms with van der Waals surface area (Å²) in [5.41, 5.74) is 0. The van der Waals surface area contributed by atoms with Gasteiger partial charge in [-0.15, -0.1) is 0 Å². The van der Waals surface area contributed by atoms with E-state index < -0.39 is 0 Å². The van der Waals surface area contributed by atoms with Crippen molar-refractivity contribution < 1.29 is 0 Å². The Bertz CT molecular complexity index is 489. The molecule has 0 spiro atoms. The second-order valence-electron chi connectivity index (χ2n) is 3.41. The van der Waals surface area contributed by atoms with E-state index in [4.69, 9.17) is 0 Å². The molecule has 3 aromatic carbocycles. The van der Waals surface area contributed by atoms with Gasteiger partial charge in [-0.1, -0.05) is 24.3 Å². The molecule has 3 rings (SSSR count). The highest BCUT2D eigenvalue weighted by Crippen LogP contribution is 2.21. The average Bonchev–Trinajstić information content (AvgIpc) is 2.26. The minimum atomic E-state index is 1.22. The standard InChI is InChI=1S/C14H8/c1-2-6-12-10-14-8-4-3-7-13(14)9-11(12)5-1/h1-2,5-10H. The first-order valence-electron chi connectivity index (χ1n) is 4.64. The lowest BCUT2D eigenvalue weighted by Gasteiger charge is -2.00. The first-order chi connectivity index (χ1) is 6.93. The van der Waals surface area contributed by atoms with Gasteiger partial charge in [-0.05, 0) is 57.9 Å². The summed E-state index contributed by atoms with van der Waals surface area (Å²) in [6.45, 7) is 0. The molecule has 0 bridgehead atoms. The van der Waals surface area contributed by atoms with Crippen molar-refractivity contribution >= 4 is 21.5 Å². The van der Waals surface area contributed by atoms with Crippen LogP contribution in [0.1, 0.15) is 0 Å². The summed E-state index contributed by atoms with van der Waals surface area (Å²) in [7, 11) is 0. The summed E-state index contributed by atoms with van der Waals surface area (Å²) < 4.78 is 0. The molecule has 0 heteroatoms. The van der Waals surface area contributed by atoms with E-state index in [1.165, 1.54) is 21.5 Å². The fraction of sp³-hybridized carbons (Fsp3) is 0. The normalized spacial score (nSPS) is 10.9. The number of hydrogen-bond donors (Lipinski definition) is 0. The Hall–Kier alpha value is -1.82. The Balaban J connectivity index is 2.52. The molecule has 0 aromatic heterocycles. The minimum Gasteiger partial charge on any atom is -0.0616 e. The predicted octanol–water partition coefficient (Wildman–Crippen LogP) is 3.59. The van der Waals surface area contributed by atoms with Crippen molar-refractivity contribution in [3.63, 3.8) is 0 Å². The smallest absolute Gasteiger partial charge is 0.00923 e. The minimum absolute atomic E-state index is 1.22. The molecule has 0 fully saturated rings. The third-order valence-electron chi connectivity index (χ3n) is 2.49. The molecule has 2 radical (unpaired) electrons. The van der Waals surface area contributed by atoms with Crippen LogP contribution in [0.3, 0.4) is 0 Å². The van der Waals surface area contributed by atoms with Gasteiger partial charge in [0.2, 0.25) is 0 Å². The van der Waals surface area contributed by atoms with E-state index in [0.29, 0.717) is 0 Å². The average molecular weight is 176 g/mol. The highest BCUT2D eigenvalue weighted by atomic mass is 14.0. The second-order valence-corrected chi connectivity index (χ2v) is 3.41. The maximum atomic E-state index is 2.98. The van der Waals surface area contributed by atoms with Gasteiger partial charge in [-0.2, -0.15) is 0 Å². The molecular formula is C14H8. The van der Waals surface area contributed by atoms with Crippen LogP contribution in [0.15, 0.2) is 48.5 Å². The largest absolute Gasteiger partial charge is 0.0616 e. The molecule has 0 heterocycles. The Kier molecular flexibility index (Phi) is 1.54. The van der Waals surface area contributed by atoms with Gasteiger partial charge < -0.3 is 0 Å². The molecule has 0 aliphatic heterocycles. The zero-order valence-corrected chi connectivity index (χ0v) is 7.62.